The van der Waals surface area contributed by atoms with Crippen LogP contribution in [0.3, 0.4) is 0 Å². The first-order valence-corrected chi connectivity index (χ1v) is 5.09. The molecule has 1 aliphatic rings. The van der Waals surface area contributed by atoms with Crippen LogP contribution in [0, 0.1) is 0 Å². The van der Waals surface area contributed by atoms with Gasteiger partial charge in [0, 0.05) is 12.1 Å². The molecule has 0 unspecified atom stereocenters. The summed E-state index contributed by atoms with van der Waals surface area (Å²) in [5, 5.41) is 0. The lowest BCUT2D eigenvalue weighted by molar-refractivity contribution is 0.174. The first-order chi connectivity index (χ1) is 6.35. The number of fused-ring (bicyclic) bond motifs is 1. The van der Waals surface area contributed by atoms with Gasteiger partial charge in [-0.3, -0.25) is 0 Å². The Hall–Kier alpha value is -1.03. The molecule has 1 aromatic rings. The molecule has 0 saturated carbocycles. The lowest BCUT2D eigenvalue weighted by Crippen LogP contribution is -1.92. The maximum Gasteiger partial charge on any atom is 0.231 e. The van der Waals surface area contributed by atoms with Gasteiger partial charge in [-0.25, -0.2) is 0 Å². The monoisotopic (exact) mass is 198 g/mol. The average molecular weight is 198 g/mol. The highest BCUT2D eigenvalue weighted by Crippen LogP contribution is 2.41. The number of rotatable bonds is 2. The predicted octanol–water partition coefficient (Wildman–Crippen LogP) is 2.15. The Morgan fingerprint density at radius 3 is 2.62 bits per heavy atom. The molecule has 0 radical (unpaired) electrons. The summed E-state index contributed by atoms with van der Waals surface area (Å²) in [4.78, 5) is 1.06. The van der Waals surface area contributed by atoms with Crippen LogP contribution in [0.25, 0.3) is 0 Å². The third-order valence-electron chi connectivity index (χ3n) is 1.88. The van der Waals surface area contributed by atoms with Gasteiger partial charge >= 0.3 is 0 Å². The smallest absolute Gasteiger partial charge is 0.231 e. The number of thioether (sulfide) groups is 1. The number of ether oxygens (including phenoxy) is 3. The Morgan fingerprint density at radius 1 is 1.31 bits per heavy atom. The Morgan fingerprint density at radius 2 is 2.00 bits per heavy atom. The molecule has 0 saturated heterocycles. The number of methoxy groups -OCH3 is 1. The largest absolute Gasteiger partial charge is 0.495 e. The molecule has 0 atom stereocenters. The van der Waals surface area contributed by atoms with E-state index in [0.29, 0.717) is 6.79 Å². The van der Waals surface area contributed by atoms with Gasteiger partial charge in [0.2, 0.25) is 6.79 Å². The zero-order valence-corrected chi connectivity index (χ0v) is 8.31. The summed E-state index contributed by atoms with van der Waals surface area (Å²) in [6.45, 7) is 0.302. The number of benzene rings is 1. The van der Waals surface area contributed by atoms with E-state index in [2.05, 4.69) is 0 Å². The van der Waals surface area contributed by atoms with Crippen LogP contribution in [0.4, 0.5) is 0 Å². The van der Waals surface area contributed by atoms with Crippen LogP contribution in [0.1, 0.15) is 0 Å². The molecule has 0 aliphatic carbocycles. The molecule has 1 heterocycles. The van der Waals surface area contributed by atoms with E-state index in [0.717, 1.165) is 22.1 Å². The van der Waals surface area contributed by atoms with Gasteiger partial charge in [0.25, 0.3) is 0 Å². The first-order valence-electron chi connectivity index (χ1n) is 3.87. The summed E-state index contributed by atoms with van der Waals surface area (Å²) >= 11 is 1.63. The molecule has 1 aliphatic heterocycles. The summed E-state index contributed by atoms with van der Waals surface area (Å²) in [6.07, 6.45) is 2.00. The second kappa shape index (κ2) is 3.38. The van der Waals surface area contributed by atoms with Crippen molar-refractivity contribution in [2.45, 2.75) is 4.90 Å². The molecule has 0 aromatic heterocycles. The molecule has 0 bridgehead atoms. The van der Waals surface area contributed by atoms with Crippen molar-refractivity contribution < 1.29 is 14.2 Å². The zero-order valence-electron chi connectivity index (χ0n) is 7.49. The minimum absolute atomic E-state index is 0.302. The fourth-order valence-electron chi connectivity index (χ4n) is 1.22. The van der Waals surface area contributed by atoms with Crippen molar-refractivity contribution in [1.82, 2.24) is 0 Å². The second-order valence-corrected chi connectivity index (χ2v) is 3.41. The zero-order chi connectivity index (χ0) is 9.26. The van der Waals surface area contributed by atoms with Crippen LogP contribution in [-0.2, 0) is 0 Å². The van der Waals surface area contributed by atoms with Gasteiger partial charge in [0.1, 0.15) is 5.75 Å². The van der Waals surface area contributed by atoms with Crippen LogP contribution in [0.5, 0.6) is 17.2 Å². The van der Waals surface area contributed by atoms with Gasteiger partial charge in [0.05, 0.1) is 12.0 Å². The van der Waals surface area contributed by atoms with Crippen LogP contribution in [-0.4, -0.2) is 20.2 Å². The Balaban J connectivity index is 2.47. The Kier molecular flexibility index (Phi) is 2.22. The van der Waals surface area contributed by atoms with Crippen LogP contribution < -0.4 is 14.2 Å². The van der Waals surface area contributed by atoms with E-state index in [1.807, 2.05) is 18.4 Å². The molecule has 2 rings (SSSR count). The van der Waals surface area contributed by atoms with Gasteiger partial charge in [-0.05, 0) is 6.26 Å². The number of hydrogen-bond donors (Lipinski definition) is 0. The van der Waals surface area contributed by atoms with E-state index in [4.69, 9.17) is 14.2 Å². The maximum atomic E-state index is 5.25. The summed E-state index contributed by atoms with van der Waals surface area (Å²) < 4.78 is 15.7. The van der Waals surface area contributed by atoms with Crippen LogP contribution in [0.2, 0.25) is 0 Å². The van der Waals surface area contributed by atoms with Gasteiger partial charge in [0.15, 0.2) is 11.5 Å². The Labute approximate surface area is 81.0 Å². The van der Waals surface area contributed by atoms with E-state index in [1.165, 1.54) is 0 Å². The molecule has 13 heavy (non-hydrogen) atoms. The number of hydrogen-bond acceptors (Lipinski definition) is 4. The van der Waals surface area contributed by atoms with Crippen molar-refractivity contribution >= 4 is 11.8 Å². The van der Waals surface area contributed by atoms with E-state index in [9.17, 15) is 0 Å². The van der Waals surface area contributed by atoms with Crippen molar-refractivity contribution in [3.63, 3.8) is 0 Å². The standard InChI is InChI=1S/C9H10O3S/c1-10-8-3-6-7(12-5-11-6)4-9(8)13-2/h3-4H,5H2,1-2H3. The quantitative estimate of drug-likeness (QED) is 0.680. The summed E-state index contributed by atoms with van der Waals surface area (Å²) in [5.41, 5.74) is 0. The summed E-state index contributed by atoms with van der Waals surface area (Å²) in [6, 6.07) is 3.79. The van der Waals surface area contributed by atoms with Gasteiger partial charge < -0.3 is 14.2 Å². The summed E-state index contributed by atoms with van der Waals surface area (Å²) in [7, 11) is 1.65. The highest BCUT2D eigenvalue weighted by molar-refractivity contribution is 7.98. The topological polar surface area (TPSA) is 27.7 Å². The minimum Gasteiger partial charge on any atom is -0.495 e. The van der Waals surface area contributed by atoms with Gasteiger partial charge in [-0.2, -0.15) is 0 Å². The third kappa shape index (κ3) is 1.42. The third-order valence-corrected chi connectivity index (χ3v) is 2.64. The molecular formula is C9H10O3S. The fourth-order valence-corrected chi connectivity index (χ4v) is 1.79. The highest BCUT2D eigenvalue weighted by atomic mass is 32.2. The normalized spacial score (nSPS) is 13.1. The fraction of sp³-hybridized carbons (Fsp3) is 0.333. The molecule has 3 nitrogen and oxygen atoms in total. The second-order valence-electron chi connectivity index (χ2n) is 2.56. The molecule has 70 valence electrons. The van der Waals surface area contributed by atoms with Crippen molar-refractivity contribution in [3.05, 3.63) is 12.1 Å². The molecular weight excluding hydrogens is 188 g/mol. The van der Waals surface area contributed by atoms with Crippen molar-refractivity contribution in [3.8, 4) is 17.2 Å². The van der Waals surface area contributed by atoms with E-state index < -0.39 is 0 Å². The molecule has 0 amide bonds. The minimum atomic E-state index is 0.302. The van der Waals surface area contributed by atoms with Gasteiger partial charge in [-0.15, -0.1) is 11.8 Å². The van der Waals surface area contributed by atoms with E-state index in [-0.39, 0.29) is 0 Å². The average Bonchev–Trinajstić information content (AvgIpc) is 2.62. The van der Waals surface area contributed by atoms with Crippen LogP contribution >= 0.6 is 11.8 Å². The molecule has 0 fully saturated rings. The first kappa shape index (κ1) is 8.56. The van der Waals surface area contributed by atoms with Crippen molar-refractivity contribution in [2.75, 3.05) is 20.2 Å². The summed E-state index contributed by atoms with van der Waals surface area (Å²) in [5.74, 6) is 2.39. The lowest BCUT2D eigenvalue weighted by Gasteiger charge is -2.06. The Bertz CT molecular complexity index is 294. The lowest BCUT2D eigenvalue weighted by atomic mass is 10.3. The predicted molar refractivity (Wildman–Crippen MR) is 50.9 cm³/mol. The molecule has 0 spiro atoms. The maximum absolute atomic E-state index is 5.25. The highest BCUT2D eigenvalue weighted by Gasteiger charge is 2.16. The van der Waals surface area contributed by atoms with Crippen LogP contribution in [0.15, 0.2) is 17.0 Å². The molecule has 4 heteroatoms. The molecule has 1 aromatic carbocycles. The van der Waals surface area contributed by atoms with E-state index >= 15 is 0 Å². The van der Waals surface area contributed by atoms with Gasteiger partial charge in [-0.1, -0.05) is 0 Å². The van der Waals surface area contributed by atoms with E-state index in [1.54, 1.807) is 18.9 Å². The van der Waals surface area contributed by atoms with Crippen molar-refractivity contribution in [1.29, 1.82) is 0 Å². The SMILES string of the molecule is COc1cc2c(cc1SC)OCO2. The van der Waals surface area contributed by atoms with Crippen molar-refractivity contribution in [2.24, 2.45) is 0 Å². The molecule has 0 N–H and O–H groups in total.